The summed E-state index contributed by atoms with van der Waals surface area (Å²) in [5.74, 6) is 0.913. The Morgan fingerprint density at radius 1 is 1.16 bits per heavy atom. The van der Waals surface area contributed by atoms with E-state index in [-0.39, 0.29) is 5.69 Å². The van der Waals surface area contributed by atoms with Gasteiger partial charge in [-0.2, -0.15) is 0 Å². The molecule has 2 aromatic rings. The van der Waals surface area contributed by atoms with Crippen LogP contribution >= 0.6 is 0 Å². The minimum atomic E-state index is -0.472. The monoisotopic (exact) mass is 255 g/mol. The van der Waals surface area contributed by atoms with Crippen molar-refractivity contribution in [3.05, 3.63) is 64.2 Å². The van der Waals surface area contributed by atoms with E-state index in [0.717, 1.165) is 5.56 Å². The lowest BCUT2D eigenvalue weighted by molar-refractivity contribution is -0.384. The molecule has 1 N–H and O–H groups in total. The van der Waals surface area contributed by atoms with Gasteiger partial charge in [0.05, 0.1) is 11.0 Å². The van der Waals surface area contributed by atoms with Crippen molar-refractivity contribution in [2.75, 3.05) is 0 Å². The summed E-state index contributed by atoms with van der Waals surface area (Å²) in [5, 5.41) is 10.7. The highest BCUT2D eigenvalue weighted by Crippen LogP contribution is 2.33. The molecule has 6 nitrogen and oxygen atoms in total. The largest absolute Gasteiger partial charge is 0.378 e. The van der Waals surface area contributed by atoms with Gasteiger partial charge in [-0.15, -0.1) is 0 Å². The van der Waals surface area contributed by atoms with Gasteiger partial charge in [-0.3, -0.25) is 10.1 Å². The van der Waals surface area contributed by atoms with E-state index in [4.69, 9.17) is 4.84 Å². The van der Waals surface area contributed by atoms with Crippen molar-refractivity contribution in [2.45, 2.75) is 0 Å². The predicted octanol–water partition coefficient (Wildman–Crippen LogP) is 2.57. The van der Waals surface area contributed by atoms with Gasteiger partial charge in [0.25, 0.3) is 5.69 Å². The minimum absolute atomic E-state index is 0.0288. The average molecular weight is 255 g/mol. The van der Waals surface area contributed by atoms with E-state index in [1.807, 2.05) is 30.3 Å². The lowest BCUT2D eigenvalue weighted by Gasteiger charge is -2.17. The molecule has 0 radical (unpaired) electrons. The Balaban J connectivity index is 2.00. The van der Waals surface area contributed by atoms with Crippen LogP contribution in [0.25, 0.3) is 0 Å². The molecule has 0 bridgehead atoms. The van der Waals surface area contributed by atoms with Crippen LogP contribution in [0.15, 0.2) is 53.5 Å². The predicted molar refractivity (Wildman–Crippen MR) is 69.5 cm³/mol. The first-order valence-corrected chi connectivity index (χ1v) is 5.59. The Morgan fingerprint density at radius 3 is 2.68 bits per heavy atom. The molecule has 0 amide bonds. The third-order valence-corrected chi connectivity index (χ3v) is 2.69. The first-order chi connectivity index (χ1) is 9.24. The Bertz CT molecular complexity index is 668. The lowest BCUT2D eigenvalue weighted by Crippen LogP contribution is -2.30. The number of amidine groups is 1. The van der Waals surface area contributed by atoms with E-state index in [0.29, 0.717) is 17.3 Å². The summed E-state index contributed by atoms with van der Waals surface area (Å²) in [7, 11) is 0. The van der Waals surface area contributed by atoms with Crippen LogP contribution in [0.1, 0.15) is 5.56 Å². The quantitative estimate of drug-likeness (QED) is 0.660. The van der Waals surface area contributed by atoms with E-state index >= 15 is 0 Å². The molecule has 1 aliphatic rings. The van der Waals surface area contributed by atoms with Gasteiger partial charge in [0.15, 0.2) is 11.6 Å². The number of aliphatic imine (C=N–C) groups is 1. The lowest BCUT2D eigenvalue weighted by atomic mass is 10.2. The molecule has 3 rings (SSSR count). The van der Waals surface area contributed by atoms with E-state index in [2.05, 4.69) is 10.5 Å². The number of nitrogens with one attached hydrogen (secondary N) is 1. The van der Waals surface area contributed by atoms with Crippen LogP contribution in [0.3, 0.4) is 0 Å². The summed E-state index contributed by atoms with van der Waals surface area (Å²) in [5.41, 5.74) is 4.10. The molecular weight excluding hydrogens is 246 g/mol. The molecule has 1 heterocycles. The average Bonchev–Trinajstić information content (AvgIpc) is 2.47. The highest BCUT2D eigenvalue weighted by Gasteiger charge is 2.17. The Morgan fingerprint density at radius 2 is 1.95 bits per heavy atom. The molecule has 0 saturated heterocycles. The van der Waals surface area contributed by atoms with E-state index < -0.39 is 4.92 Å². The third kappa shape index (κ3) is 2.11. The van der Waals surface area contributed by atoms with Crippen molar-refractivity contribution in [3.8, 4) is 5.75 Å². The Kier molecular flexibility index (Phi) is 2.60. The standard InChI is InChI=1S/C13H9N3O3/c17-16(18)10-6-7-11-12(8-10)19-15-13(14-11)9-4-2-1-3-5-9/h1-8H,(H,14,15). The zero-order chi connectivity index (χ0) is 13.2. The highest BCUT2D eigenvalue weighted by molar-refractivity contribution is 6.00. The SMILES string of the molecule is O=[N+]([O-])c1ccc2c(c1)ONC(c1ccccc1)=N2. The Hall–Kier alpha value is -2.89. The number of nitrogens with zero attached hydrogens (tertiary/aromatic N) is 2. The second-order valence-electron chi connectivity index (χ2n) is 3.94. The van der Waals surface area contributed by atoms with E-state index in [1.165, 1.54) is 12.1 Å². The highest BCUT2D eigenvalue weighted by atomic mass is 16.7. The van der Waals surface area contributed by atoms with Gasteiger partial charge >= 0.3 is 0 Å². The molecule has 0 aliphatic carbocycles. The molecule has 1 aliphatic heterocycles. The van der Waals surface area contributed by atoms with Crippen LogP contribution in [-0.2, 0) is 0 Å². The first kappa shape index (κ1) is 11.2. The molecule has 0 saturated carbocycles. The molecule has 0 fully saturated rings. The number of rotatable bonds is 2. The van der Waals surface area contributed by atoms with Crippen molar-refractivity contribution in [3.63, 3.8) is 0 Å². The third-order valence-electron chi connectivity index (χ3n) is 2.69. The summed E-state index contributed by atoms with van der Waals surface area (Å²) in [4.78, 5) is 19.9. The second-order valence-corrected chi connectivity index (χ2v) is 3.94. The van der Waals surface area contributed by atoms with Crippen molar-refractivity contribution in [1.29, 1.82) is 0 Å². The first-order valence-electron chi connectivity index (χ1n) is 5.59. The van der Waals surface area contributed by atoms with Crippen LogP contribution < -0.4 is 10.3 Å². The zero-order valence-corrected chi connectivity index (χ0v) is 9.74. The minimum Gasteiger partial charge on any atom is -0.378 e. The van der Waals surface area contributed by atoms with Crippen molar-refractivity contribution >= 4 is 17.2 Å². The number of fused-ring (bicyclic) bond motifs is 1. The van der Waals surface area contributed by atoms with Gasteiger partial charge in [0.1, 0.15) is 5.69 Å². The van der Waals surface area contributed by atoms with E-state index in [1.54, 1.807) is 6.07 Å². The van der Waals surface area contributed by atoms with Crippen LogP contribution in [0, 0.1) is 10.1 Å². The van der Waals surface area contributed by atoms with Gasteiger partial charge in [-0.1, -0.05) is 30.3 Å². The summed E-state index contributed by atoms with van der Waals surface area (Å²) < 4.78 is 0. The maximum Gasteiger partial charge on any atom is 0.273 e. The molecular formula is C13H9N3O3. The topological polar surface area (TPSA) is 76.8 Å². The van der Waals surface area contributed by atoms with Crippen LogP contribution in [0.2, 0.25) is 0 Å². The summed E-state index contributed by atoms with van der Waals surface area (Å²) in [6.07, 6.45) is 0. The fourth-order valence-corrected chi connectivity index (χ4v) is 1.76. The van der Waals surface area contributed by atoms with Gasteiger partial charge in [0, 0.05) is 11.6 Å². The molecule has 0 spiro atoms. The van der Waals surface area contributed by atoms with Gasteiger partial charge < -0.3 is 4.84 Å². The second kappa shape index (κ2) is 4.41. The molecule has 0 unspecified atom stereocenters. The fraction of sp³-hybridized carbons (Fsp3) is 0. The maximum atomic E-state index is 10.7. The number of nitro groups is 1. The van der Waals surface area contributed by atoms with Gasteiger partial charge in [0.2, 0.25) is 0 Å². The molecule has 6 heteroatoms. The Labute approximate surface area is 108 Å². The number of benzene rings is 2. The summed E-state index contributed by atoms with van der Waals surface area (Å²) in [6, 6.07) is 13.8. The van der Waals surface area contributed by atoms with Crippen LogP contribution in [-0.4, -0.2) is 10.8 Å². The number of hydrogen-bond donors (Lipinski definition) is 1. The molecule has 19 heavy (non-hydrogen) atoms. The summed E-state index contributed by atoms with van der Waals surface area (Å²) >= 11 is 0. The van der Waals surface area contributed by atoms with Crippen molar-refractivity contribution < 1.29 is 9.76 Å². The fourth-order valence-electron chi connectivity index (χ4n) is 1.76. The molecule has 94 valence electrons. The maximum absolute atomic E-state index is 10.7. The smallest absolute Gasteiger partial charge is 0.273 e. The normalized spacial score (nSPS) is 12.7. The number of hydrogen-bond acceptors (Lipinski definition) is 5. The zero-order valence-electron chi connectivity index (χ0n) is 9.74. The molecule has 0 atom stereocenters. The number of non-ortho nitro benzene ring substituents is 1. The van der Waals surface area contributed by atoms with Gasteiger partial charge in [-0.25, -0.2) is 10.5 Å². The number of hydroxylamine groups is 1. The van der Waals surface area contributed by atoms with Gasteiger partial charge in [-0.05, 0) is 6.07 Å². The molecule has 2 aromatic carbocycles. The molecule has 0 aromatic heterocycles. The van der Waals surface area contributed by atoms with E-state index in [9.17, 15) is 10.1 Å². The van der Waals surface area contributed by atoms with Crippen LogP contribution in [0.5, 0.6) is 5.75 Å². The number of nitro benzene ring substituents is 1. The van der Waals surface area contributed by atoms with Crippen molar-refractivity contribution in [1.82, 2.24) is 5.48 Å². The summed E-state index contributed by atoms with van der Waals surface area (Å²) in [6.45, 7) is 0. The van der Waals surface area contributed by atoms with Crippen molar-refractivity contribution in [2.24, 2.45) is 4.99 Å². The van der Waals surface area contributed by atoms with Crippen LogP contribution in [0.4, 0.5) is 11.4 Å².